The number of hydrogen-bond donors (Lipinski definition) is 0. The average Bonchev–Trinajstić information content (AvgIpc) is 2.55. The van der Waals surface area contributed by atoms with E-state index in [1.165, 1.54) is 0 Å². The lowest BCUT2D eigenvalue weighted by molar-refractivity contribution is 0.215. The Balaban J connectivity index is 2.40. The number of aryl methyl sites for hydroxylation is 2. The number of hydrogen-bond acceptors (Lipinski definition) is 5. The maximum atomic E-state index is 5.88. The fourth-order valence-corrected chi connectivity index (χ4v) is 2.60. The molecular formula is C19H27NO3S. The molecule has 0 N–H and O–H groups in total. The van der Waals surface area contributed by atoms with Crippen LogP contribution in [0.3, 0.4) is 0 Å². The number of ether oxygens (including phenoxy) is 2. The van der Waals surface area contributed by atoms with Gasteiger partial charge in [0, 0.05) is 11.5 Å². The Morgan fingerprint density at radius 3 is 2.38 bits per heavy atom. The lowest BCUT2D eigenvalue weighted by atomic mass is 10.1. The zero-order valence-corrected chi connectivity index (χ0v) is 15.8. The molecule has 0 spiro atoms. The molecule has 0 radical (unpaired) electrons. The van der Waals surface area contributed by atoms with E-state index in [2.05, 4.69) is 16.1 Å². The van der Waals surface area contributed by atoms with Crippen LogP contribution < -0.4 is 9.47 Å². The maximum absolute atomic E-state index is 5.88. The van der Waals surface area contributed by atoms with Crippen molar-refractivity contribution >= 4 is 18.0 Å². The van der Waals surface area contributed by atoms with Gasteiger partial charge in [0.15, 0.2) is 0 Å². The summed E-state index contributed by atoms with van der Waals surface area (Å²) >= 11 is 1.76. The molecule has 0 unspecified atom stereocenters. The first-order valence-corrected chi connectivity index (χ1v) is 9.10. The van der Waals surface area contributed by atoms with Gasteiger partial charge < -0.3 is 14.3 Å². The predicted molar refractivity (Wildman–Crippen MR) is 104 cm³/mol. The molecule has 0 aliphatic rings. The van der Waals surface area contributed by atoms with Gasteiger partial charge in [0.05, 0.1) is 6.21 Å². The van der Waals surface area contributed by atoms with Crippen LogP contribution in [0.1, 0.15) is 18.1 Å². The second kappa shape index (κ2) is 12.5. The van der Waals surface area contributed by atoms with Crippen LogP contribution in [-0.4, -0.2) is 38.0 Å². The van der Waals surface area contributed by atoms with Crippen LogP contribution in [0.2, 0.25) is 0 Å². The average molecular weight is 349 g/mol. The van der Waals surface area contributed by atoms with E-state index in [4.69, 9.17) is 9.47 Å². The molecule has 0 aliphatic carbocycles. The number of rotatable bonds is 11. The summed E-state index contributed by atoms with van der Waals surface area (Å²) in [5.74, 6) is 3.57. The number of oxime groups is 1. The van der Waals surface area contributed by atoms with Crippen molar-refractivity contribution in [1.82, 2.24) is 0 Å². The summed E-state index contributed by atoms with van der Waals surface area (Å²) in [6, 6.07) is 4.03. The van der Waals surface area contributed by atoms with E-state index in [0.717, 1.165) is 34.1 Å². The molecule has 1 rings (SSSR count). The third-order valence-corrected chi connectivity index (χ3v) is 3.91. The molecule has 0 bridgehead atoms. The first kappa shape index (κ1) is 20.2. The van der Waals surface area contributed by atoms with Gasteiger partial charge in [0.25, 0.3) is 0 Å². The van der Waals surface area contributed by atoms with Gasteiger partial charge in [-0.15, -0.1) is 0 Å². The van der Waals surface area contributed by atoms with Crippen molar-refractivity contribution in [2.24, 2.45) is 5.16 Å². The van der Waals surface area contributed by atoms with Crippen molar-refractivity contribution in [3.8, 4) is 11.5 Å². The molecule has 1 aromatic carbocycles. The standard InChI is InChI=1S/C19H27NO3S/c1-5-6-10-22-18-14-16(2)19(17(3)15-18)23-11-7-8-12-24-13-9-20-21-4/h5-9,14-15H,10-13H2,1-4H3/b6-5+,8-7+,20-9+. The van der Waals surface area contributed by atoms with Crippen LogP contribution in [-0.2, 0) is 4.84 Å². The molecule has 1 aromatic rings. The van der Waals surface area contributed by atoms with E-state index >= 15 is 0 Å². The summed E-state index contributed by atoms with van der Waals surface area (Å²) in [4.78, 5) is 4.60. The second-order valence-electron chi connectivity index (χ2n) is 5.06. The Labute approximate surface area is 149 Å². The highest BCUT2D eigenvalue weighted by Crippen LogP contribution is 2.28. The van der Waals surface area contributed by atoms with E-state index < -0.39 is 0 Å². The fourth-order valence-electron chi connectivity index (χ4n) is 2.02. The molecule has 0 aromatic heterocycles. The van der Waals surface area contributed by atoms with Crippen LogP contribution in [0.4, 0.5) is 0 Å². The molecule has 4 nitrogen and oxygen atoms in total. The summed E-state index contributed by atoms with van der Waals surface area (Å²) in [5, 5.41) is 3.69. The van der Waals surface area contributed by atoms with Crippen LogP contribution in [0.25, 0.3) is 0 Å². The maximum Gasteiger partial charge on any atom is 0.125 e. The summed E-state index contributed by atoms with van der Waals surface area (Å²) < 4.78 is 11.6. The van der Waals surface area contributed by atoms with E-state index in [0.29, 0.717) is 13.2 Å². The first-order chi connectivity index (χ1) is 11.7. The molecule has 0 fully saturated rings. The Morgan fingerprint density at radius 2 is 1.71 bits per heavy atom. The van der Waals surface area contributed by atoms with Gasteiger partial charge in [-0.3, -0.25) is 0 Å². The number of allylic oxidation sites excluding steroid dienone is 1. The highest BCUT2D eigenvalue weighted by Gasteiger charge is 2.06. The highest BCUT2D eigenvalue weighted by atomic mass is 32.2. The lowest BCUT2D eigenvalue weighted by Crippen LogP contribution is -2.00. The smallest absolute Gasteiger partial charge is 0.125 e. The van der Waals surface area contributed by atoms with Crippen molar-refractivity contribution < 1.29 is 14.3 Å². The summed E-state index contributed by atoms with van der Waals surface area (Å²) in [6.07, 6.45) is 9.85. The van der Waals surface area contributed by atoms with Crippen LogP contribution >= 0.6 is 11.8 Å². The van der Waals surface area contributed by atoms with Gasteiger partial charge in [-0.1, -0.05) is 29.5 Å². The third-order valence-electron chi connectivity index (χ3n) is 3.09. The SMILES string of the molecule is C/C=C/COc1cc(C)c(OC/C=C/CSC/C=N/OC)c(C)c1. The molecule has 0 heterocycles. The Hall–Kier alpha value is -1.88. The predicted octanol–water partition coefficient (Wildman–Crippen LogP) is 4.56. The van der Waals surface area contributed by atoms with Gasteiger partial charge in [-0.2, -0.15) is 11.8 Å². The van der Waals surface area contributed by atoms with Gasteiger partial charge in [0.1, 0.15) is 31.8 Å². The van der Waals surface area contributed by atoms with Crippen LogP contribution in [0.5, 0.6) is 11.5 Å². The Bertz CT molecular complexity index is 545. The second-order valence-corrected chi connectivity index (χ2v) is 6.13. The number of benzene rings is 1. The van der Waals surface area contributed by atoms with Gasteiger partial charge in [0.2, 0.25) is 0 Å². The normalized spacial score (nSPS) is 11.7. The Kier molecular flexibility index (Phi) is 10.5. The van der Waals surface area contributed by atoms with E-state index in [9.17, 15) is 0 Å². The monoisotopic (exact) mass is 349 g/mol. The zero-order chi connectivity index (χ0) is 17.6. The van der Waals surface area contributed by atoms with E-state index in [1.807, 2.05) is 51.1 Å². The molecule has 0 saturated heterocycles. The van der Waals surface area contributed by atoms with Crippen molar-refractivity contribution in [1.29, 1.82) is 0 Å². The van der Waals surface area contributed by atoms with Gasteiger partial charge in [-0.05, 0) is 44.0 Å². The number of nitrogens with zero attached hydrogens (tertiary/aromatic N) is 1. The molecular weight excluding hydrogens is 322 g/mol. The molecule has 0 aliphatic heterocycles. The summed E-state index contributed by atoms with van der Waals surface area (Å²) in [7, 11) is 1.54. The first-order valence-electron chi connectivity index (χ1n) is 7.94. The van der Waals surface area contributed by atoms with Crippen molar-refractivity contribution in [2.45, 2.75) is 20.8 Å². The van der Waals surface area contributed by atoms with Gasteiger partial charge in [-0.25, -0.2) is 0 Å². The van der Waals surface area contributed by atoms with Crippen molar-refractivity contribution in [2.75, 3.05) is 31.8 Å². The molecule has 5 heteroatoms. The highest BCUT2D eigenvalue weighted by molar-refractivity contribution is 8.00. The third kappa shape index (κ3) is 8.11. The Morgan fingerprint density at radius 1 is 1.00 bits per heavy atom. The minimum atomic E-state index is 0.563. The van der Waals surface area contributed by atoms with Crippen molar-refractivity contribution in [3.05, 3.63) is 47.6 Å². The molecule has 0 amide bonds. The van der Waals surface area contributed by atoms with Crippen LogP contribution in [0.15, 0.2) is 41.6 Å². The molecule has 132 valence electrons. The minimum absolute atomic E-state index is 0.563. The quantitative estimate of drug-likeness (QED) is 0.254. The lowest BCUT2D eigenvalue weighted by Gasteiger charge is -2.13. The zero-order valence-electron chi connectivity index (χ0n) is 15.0. The fraction of sp³-hybridized carbons (Fsp3) is 0.421. The van der Waals surface area contributed by atoms with Crippen molar-refractivity contribution in [3.63, 3.8) is 0 Å². The van der Waals surface area contributed by atoms with E-state index in [-0.39, 0.29) is 0 Å². The van der Waals surface area contributed by atoms with Gasteiger partial charge >= 0.3 is 0 Å². The molecule has 24 heavy (non-hydrogen) atoms. The summed E-state index contributed by atoms with van der Waals surface area (Å²) in [5.41, 5.74) is 2.17. The topological polar surface area (TPSA) is 40.0 Å². The van der Waals surface area contributed by atoms with Crippen LogP contribution in [0, 0.1) is 13.8 Å². The number of thioether (sulfide) groups is 1. The largest absolute Gasteiger partial charge is 0.490 e. The molecule has 0 saturated carbocycles. The summed E-state index contributed by atoms with van der Waals surface area (Å²) in [6.45, 7) is 7.22. The van der Waals surface area contributed by atoms with E-state index in [1.54, 1.807) is 25.1 Å². The minimum Gasteiger partial charge on any atom is -0.490 e. The molecule has 0 atom stereocenters.